The van der Waals surface area contributed by atoms with Crippen LogP contribution in [0.5, 0.6) is 0 Å². The van der Waals surface area contributed by atoms with Gasteiger partial charge >= 0.3 is 5.63 Å². The van der Waals surface area contributed by atoms with E-state index in [1.165, 1.54) is 0 Å². The van der Waals surface area contributed by atoms with Crippen molar-refractivity contribution < 1.29 is 13.6 Å². The molecule has 5 heteroatoms. The fourth-order valence-electron chi connectivity index (χ4n) is 3.20. The summed E-state index contributed by atoms with van der Waals surface area (Å²) in [5, 5.41) is 1.86. The predicted octanol–water partition coefficient (Wildman–Crippen LogP) is 4.75. The van der Waals surface area contributed by atoms with Crippen molar-refractivity contribution in [2.45, 2.75) is 26.7 Å². The van der Waals surface area contributed by atoms with Crippen molar-refractivity contribution in [1.29, 1.82) is 0 Å². The molecule has 2 N–H and O–H groups in total. The summed E-state index contributed by atoms with van der Waals surface area (Å²) in [6.45, 7) is 4.06. The highest BCUT2D eigenvalue weighted by Crippen LogP contribution is 2.29. The number of carbonyl (C=O) groups excluding carboxylic acids is 1. The van der Waals surface area contributed by atoms with Gasteiger partial charge in [-0.25, -0.2) is 4.79 Å². The van der Waals surface area contributed by atoms with Gasteiger partial charge in [0.15, 0.2) is 6.29 Å². The number of benzene rings is 2. The van der Waals surface area contributed by atoms with Crippen LogP contribution in [-0.2, 0) is 12.8 Å². The number of aldehydes is 1. The van der Waals surface area contributed by atoms with E-state index in [1.807, 2.05) is 43.3 Å². The molecule has 5 nitrogen and oxygen atoms in total. The number of fused-ring (bicyclic) bond motifs is 2. The molecule has 0 unspecified atom stereocenters. The quantitative estimate of drug-likeness (QED) is 0.419. The van der Waals surface area contributed by atoms with Crippen LogP contribution in [0.3, 0.4) is 0 Å². The molecule has 0 spiro atoms. The van der Waals surface area contributed by atoms with Crippen molar-refractivity contribution in [2.24, 2.45) is 0 Å². The Kier molecular flexibility index (Phi) is 5.41. The van der Waals surface area contributed by atoms with Crippen LogP contribution >= 0.6 is 0 Å². The number of hydrogen-bond donors (Lipinski definition) is 1. The SMILES string of the molecule is CCc1ccc2oc(=O)c(C=O)c(N)c2c1CC.c1ccc2occc2c1. The second kappa shape index (κ2) is 7.91. The summed E-state index contributed by atoms with van der Waals surface area (Å²) < 4.78 is 10.3. The van der Waals surface area contributed by atoms with Gasteiger partial charge in [0.2, 0.25) is 0 Å². The Hall–Kier alpha value is -3.34. The van der Waals surface area contributed by atoms with E-state index in [0.717, 1.165) is 34.9 Å². The molecule has 0 aliphatic rings. The molecule has 0 bridgehead atoms. The molecule has 0 saturated heterocycles. The molecule has 0 aliphatic carbocycles. The molecule has 0 amide bonds. The number of hydrogen-bond acceptors (Lipinski definition) is 5. The molecular formula is C22H21NO4. The van der Waals surface area contributed by atoms with Crippen LogP contribution in [0.15, 0.2) is 62.4 Å². The van der Waals surface area contributed by atoms with Gasteiger partial charge in [-0.15, -0.1) is 0 Å². The lowest BCUT2D eigenvalue weighted by Crippen LogP contribution is -2.12. The largest absolute Gasteiger partial charge is 0.464 e. The minimum atomic E-state index is -0.679. The average Bonchev–Trinajstić information content (AvgIpc) is 3.16. The number of aryl methyl sites for hydroxylation is 2. The molecule has 138 valence electrons. The maximum absolute atomic E-state index is 11.6. The number of rotatable bonds is 3. The standard InChI is InChI=1S/C14H15NO3.C8H6O/c1-3-8-5-6-11-12(9(8)4-2)13(15)10(7-16)14(17)18-11;1-2-4-8-7(3-1)5-6-9-8/h5-7H,3-4,15H2,1-2H3;1-6H. The van der Waals surface area contributed by atoms with Crippen LogP contribution < -0.4 is 11.4 Å². The third kappa shape index (κ3) is 3.49. The third-order valence-corrected chi connectivity index (χ3v) is 4.57. The Morgan fingerprint density at radius 1 is 1.00 bits per heavy atom. The van der Waals surface area contributed by atoms with Crippen LogP contribution in [0, 0.1) is 0 Å². The zero-order chi connectivity index (χ0) is 19.4. The van der Waals surface area contributed by atoms with Gasteiger partial charge in [-0.05, 0) is 42.2 Å². The Balaban J connectivity index is 0.000000193. The van der Waals surface area contributed by atoms with Crippen LogP contribution in [-0.4, -0.2) is 6.29 Å². The first-order chi connectivity index (χ1) is 13.1. The van der Waals surface area contributed by atoms with Gasteiger partial charge in [-0.3, -0.25) is 4.79 Å². The van der Waals surface area contributed by atoms with Gasteiger partial charge in [0.25, 0.3) is 0 Å². The van der Waals surface area contributed by atoms with Crippen molar-refractivity contribution in [1.82, 2.24) is 0 Å². The number of para-hydroxylation sites is 1. The monoisotopic (exact) mass is 363 g/mol. The van der Waals surface area contributed by atoms with Crippen LogP contribution in [0.1, 0.15) is 35.3 Å². The van der Waals surface area contributed by atoms with Crippen molar-refractivity contribution in [3.05, 3.63) is 75.8 Å². The molecule has 0 saturated carbocycles. The maximum Gasteiger partial charge on any atom is 0.349 e. The highest BCUT2D eigenvalue weighted by atomic mass is 16.4. The Morgan fingerprint density at radius 2 is 1.78 bits per heavy atom. The van der Waals surface area contributed by atoms with Gasteiger partial charge in [0.05, 0.1) is 12.0 Å². The number of anilines is 1. The predicted molar refractivity (Wildman–Crippen MR) is 107 cm³/mol. The minimum Gasteiger partial charge on any atom is -0.464 e. The lowest BCUT2D eigenvalue weighted by atomic mass is 9.96. The molecule has 4 rings (SSSR count). The lowest BCUT2D eigenvalue weighted by molar-refractivity contribution is 0.112. The van der Waals surface area contributed by atoms with E-state index >= 15 is 0 Å². The summed E-state index contributed by atoms with van der Waals surface area (Å²) in [5.74, 6) is 0. The Morgan fingerprint density at radius 3 is 2.44 bits per heavy atom. The van der Waals surface area contributed by atoms with Crippen molar-refractivity contribution >= 4 is 33.9 Å². The van der Waals surface area contributed by atoms with E-state index in [4.69, 9.17) is 14.6 Å². The molecule has 0 aliphatic heterocycles. The molecule has 2 aromatic carbocycles. The third-order valence-electron chi connectivity index (χ3n) is 4.57. The van der Waals surface area contributed by atoms with Gasteiger partial charge in [-0.2, -0.15) is 0 Å². The van der Waals surface area contributed by atoms with E-state index in [9.17, 15) is 9.59 Å². The van der Waals surface area contributed by atoms with Gasteiger partial charge < -0.3 is 14.6 Å². The zero-order valence-electron chi connectivity index (χ0n) is 15.3. The van der Waals surface area contributed by atoms with Crippen molar-refractivity contribution in [3.63, 3.8) is 0 Å². The first kappa shape index (κ1) is 18.5. The average molecular weight is 363 g/mol. The Labute approximate surface area is 156 Å². The molecule has 0 atom stereocenters. The summed E-state index contributed by atoms with van der Waals surface area (Å²) in [6, 6.07) is 13.6. The summed E-state index contributed by atoms with van der Waals surface area (Å²) in [4.78, 5) is 22.5. The van der Waals surface area contributed by atoms with Crippen LogP contribution in [0.2, 0.25) is 0 Å². The minimum absolute atomic E-state index is 0.0922. The maximum atomic E-state index is 11.6. The zero-order valence-corrected chi connectivity index (χ0v) is 15.3. The number of nitrogen functional groups attached to an aromatic ring is 1. The van der Waals surface area contributed by atoms with E-state index in [-0.39, 0.29) is 11.3 Å². The molecule has 0 radical (unpaired) electrons. The fraction of sp³-hybridized carbons (Fsp3) is 0.182. The molecule has 2 aromatic heterocycles. The van der Waals surface area contributed by atoms with E-state index < -0.39 is 5.63 Å². The summed E-state index contributed by atoms with van der Waals surface area (Å²) >= 11 is 0. The fourth-order valence-corrected chi connectivity index (χ4v) is 3.20. The number of furan rings is 1. The first-order valence-electron chi connectivity index (χ1n) is 8.85. The highest BCUT2D eigenvalue weighted by Gasteiger charge is 2.15. The second-order valence-electron chi connectivity index (χ2n) is 6.08. The first-order valence-corrected chi connectivity index (χ1v) is 8.85. The lowest BCUT2D eigenvalue weighted by Gasteiger charge is -2.11. The van der Waals surface area contributed by atoms with Crippen LogP contribution in [0.25, 0.3) is 21.9 Å². The smallest absolute Gasteiger partial charge is 0.349 e. The van der Waals surface area contributed by atoms with Gasteiger partial charge in [-0.1, -0.05) is 38.1 Å². The topological polar surface area (TPSA) is 86.4 Å². The molecular weight excluding hydrogens is 342 g/mol. The normalized spacial score (nSPS) is 10.6. The summed E-state index contributed by atoms with van der Waals surface area (Å²) in [5.41, 5.74) is 8.99. The Bertz CT molecular complexity index is 1120. The number of carbonyl (C=O) groups is 1. The van der Waals surface area contributed by atoms with Crippen molar-refractivity contribution in [2.75, 3.05) is 5.73 Å². The van der Waals surface area contributed by atoms with Gasteiger partial charge in [0, 0.05) is 10.8 Å². The second-order valence-corrected chi connectivity index (χ2v) is 6.08. The van der Waals surface area contributed by atoms with E-state index in [0.29, 0.717) is 17.3 Å². The molecule has 2 heterocycles. The molecule has 0 fully saturated rings. The highest BCUT2D eigenvalue weighted by molar-refractivity contribution is 6.00. The van der Waals surface area contributed by atoms with Crippen LogP contribution in [0.4, 0.5) is 5.69 Å². The molecule has 4 aromatic rings. The van der Waals surface area contributed by atoms with E-state index in [1.54, 1.807) is 12.3 Å². The summed E-state index contributed by atoms with van der Waals surface area (Å²) in [7, 11) is 0. The van der Waals surface area contributed by atoms with Gasteiger partial charge in [0.1, 0.15) is 16.7 Å². The molecule has 27 heavy (non-hydrogen) atoms. The summed E-state index contributed by atoms with van der Waals surface area (Å²) in [6.07, 6.45) is 3.80. The van der Waals surface area contributed by atoms with E-state index in [2.05, 4.69) is 6.92 Å². The number of nitrogens with two attached hydrogens (primary N) is 1. The van der Waals surface area contributed by atoms with Crippen molar-refractivity contribution in [3.8, 4) is 0 Å².